The van der Waals surface area contributed by atoms with E-state index < -0.39 is 0 Å². The van der Waals surface area contributed by atoms with E-state index in [1.54, 1.807) is 0 Å². The molecule has 0 amide bonds. The molecule has 9 aromatic rings. The van der Waals surface area contributed by atoms with Crippen LogP contribution in [-0.4, -0.2) is 24.1 Å². The molecule has 3 aromatic heterocycles. The van der Waals surface area contributed by atoms with E-state index in [4.69, 9.17) is 4.98 Å². The fourth-order valence-electron chi connectivity index (χ4n) is 7.17. The van der Waals surface area contributed by atoms with Gasteiger partial charge in [0.15, 0.2) is 0 Å². The second kappa shape index (κ2) is 7.49. The summed E-state index contributed by atoms with van der Waals surface area (Å²) in [7, 11) is 0. The number of aromatic nitrogens is 2. The second-order valence-corrected chi connectivity index (χ2v) is 12.9. The number of hydrogen-bond acceptors (Lipinski definition) is 1. The zero-order valence-electron chi connectivity index (χ0n) is 21.3. The van der Waals surface area contributed by atoms with Gasteiger partial charge in [-0.1, -0.05) is 0 Å². The number of fused-ring (bicyclic) bond motifs is 13. The van der Waals surface area contributed by atoms with E-state index in [9.17, 15) is 0 Å². The zero-order valence-corrected chi connectivity index (χ0v) is 23.1. The van der Waals surface area contributed by atoms with Crippen LogP contribution in [0.1, 0.15) is 0 Å². The van der Waals surface area contributed by atoms with Crippen LogP contribution in [0.15, 0.2) is 121 Å². The summed E-state index contributed by atoms with van der Waals surface area (Å²) >= 11 is 0.212. The molecule has 6 aromatic carbocycles. The summed E-state index contributed by atoms with van der Waals surface area (Å²) in [5.41, 5.74) is 10.2. The van der Waals surface area contributed by atoms with Crippen molar-refractivity contribution in [1.29, 1.82) is 0 Å². The van der Waals surface area contributed by atoms with E-state index in [1.807, 2.05) is 6.20 Å². The summed E-state index contributed by atoms with van der Waals surface area (Å²) in [4.78, 5) is 4.97. The molecule has 1 aliphatic carbocycles. The van der Waals surface area contributed by atoms with Gasteiger partial charge < -0.3 is 0 Å². The van der Waals surface area contributed by atoms with E-state index in [0.29, 0.717) is 0 Å². The molecule has 0 unspecified atom stereocenters. The van der Waals surface area contributed by atoms with E-state index in [-0.39, 0.29) is 14.5 Å². The fraction of sp³-hybridized carbons (Fsp3) is 0. The van der Waals surface area contributed by atoms with Gasteiger partial charge in [-0.15, -0.1) is 0 Å². The van der Waals surface area contributed by atoms with Crippen LogP contribution < -0.4 is 0 Å². The van der Waals surface area contributed by atoms with Crippen LogP contribution in [0.5, 0.6) is 0 Å². The van der Waals surface area contributed by atoms with Crippen LogP contribution in [0.25, 0.3) is 90.7 Å². The van der Waals surface area contributed by atoms with Crippen LogP contribution >= 0.6 is 0 Å². The standard InChI is InChI=1S/C37H20N2Se/c1-3-15-30-26(10-1)33-28-14-7-19-38-35(28)37-34(27-11-2-4-16-31(27)40-37)36(33)39(30)22-17-18-23-24-12-5-8-21-9-6-13-25(32(21)24)29(23)20-22/h1-20H. The average Bonchev–Trinajstić information content (AvgIpc) is 3.67. The van der Waals surface area contributed by atoms with Crippen LogP contribution in [0.2, 0.25) is 0 Å². The average molecular weight is 572 g/mol. The minimum atomic E-state index is 0.212. The first-order valence-electron chi connectivity index (χ1n) is 13.6. The third-order valence-corrected chi connectivity index (χ3v) is 11.2. The number of hydrogen-bond donors (Lipinski definition) is 0. The second-order valence-electron chi connectivity index (χ2n) is 10.7. The van der Waals surface area contributed by atoms with Gasteiger partial charge in [0, 0.05) is 0 Å². The Balaban J connectivity index is 1.42. The van der Waals surface area contributed by atoms with Crippen molar-refractivity contribution in [3.63, 3.8) is 0 Å². The first-order valence-corrected chi connectivity index (χ1v) is 15.4. The molecule has 0 N–H and O–H groups in total. The van der Waals surface area contributed by atoms with Gasteiger partial charge in [-0.2, -0.15) is 0 Å². The Morgan fingerprint density at radius 2 is 1.32 bits per heavy atom. The first kappa shape index (κ1) is 21.2. The quantitative estimate of drug-likeness (QED) is 0.180. The molecule has 0 radical (unpaired) electrons. The van der Waals surface area contributed by atoms with Crippen molar-refractivity contribution in [1.82, 2.24) is 9.55 Å². The minimum absolute atomic E-state index is 0.212. The van der Waals surface area contributed by atoms with Gasteiger partial charge in [-0.05, 0) is 0 Å². The SMILES string of the molecule is c1cc2c3c(cccc3c1)-c1cc(-n3c4ccccc4c4c5cccnc5c5[se]c6ccccc6c5c43)ccc1-2. The van der Waals surface area contributed by atoms with Crippen LogP contribution in [0, 0.1) is 0 Å². The summed E-state index contributed by atoms with van der Waals surface area (Å²) < 4.78 is 5.37. The molecule has 3 heteroatoms. The van der Waals surface area contributed by atoms with Crippen LogP contribution in [-0.2, 0) is 0 Å². The Morgan fingerprint density at radius 1 is 0.550 bits per heavy atom. The van der Waals surface area contributed by atoms with Gasteiger partial charge in [-0.3, -0.25) is 0 Å². The molecule has 0 saturated carbocycles. The molecule has 10 rings (SSSR count). The number of nitrogens with zero attached hydrogens (tertiary/aromatic N) is 2. The van der Waals surface area contributed by atoms with Crippen molar-refractivity contribution in [2.24, 2.45) is 0 Å². The van der Waals surface area contributed by atoms with Crippen molar-refractivity contribution < 1.29 is 0 Å². The van der Waals surface area contributed by atoms with E-state index >= 15 is 0 Å². The molecule has 40 heavy (non-hydrogen) atoms. The molecule has 1 aliphatic rings. The molecule has 0 saturated heterocycles. The topological polar surface area (TPSA) is 17.8 Å². The maximum atomic E-state index is 4.97. The molecular weight excluding hydrogens is 551 g/mol. The number of rotatable bonds is 1. The Kier molecular flexibility index (Phi) is 3.96. The van der Waals surface area contributed by atoms with E-state index in [2.05, 4.69) is 120 Å². The van der Waals surface area contributed by atoms with Crippen molar-refractivity contribution in [2.75, 3.05) is 0 Å². The molecule has 0 spiro atoms. The number of para-hydroxylation sites is 1. The van der Waals surface area contributed by atoms with Gasteiger partial charge >= 0.3 is 236 Å². The molecular formula is C37H20N2Se. The molecule has 2 nitrogen and oxygen atoms in total. The summed E-state index contributed by atoms with van der Waals surface area (Å²) in [6.45, 7) is 0. The molecule has 3 heterocycles. The third-order valence-electron chi connectivity index (χ3n) is 8.75. The Morgan fingerprint density at radius 3 is 2.23 bits per heavy atom. The van der Waals surface area contributed by atoms with Crippen molar-refractivity contribution in [2.45, 2.75) is 0 Å². The molecule has 0 aliphatic heterocycles. The number of pyridine rings is 1. The third kappa shape index (κ3) is 2.53. The zero-order chi connectivity index (χ0) is 25.9. The van der Waals surface area contributed by atoms with Gasteiger partial charge in [0.05, 0.1) is 0 Å². The van der Waals surface area contributed by atoms with Crippen molar-refractivity contribution in [3.05, 3.63) is 121 Å². The predicted molar refractivity (Wildman–Crippen MR) is 170 cm³/mol. The van der Waals surface area contributed by atoms with Crippen LogP contribution in [0.4, 0.5) is 0 Å². The Labute approximate surface area is 235 Å². The Bertz CT molecular complexity index is 2540. The van der Waals surface area contributed by atoms with Crippen molar-refractivity contribution in [3.8, 4) is 27.9 Å². The van der Waals surface area contributed by atoms with Gasteiger partial charge in [0.25, 0.3) is 0 Å². The molecule has 184 valence electrons. The molecule has 0 bridgehead atoms. The fourth-order valence-corrected chi connectivity index (χ4v) is 9.72. The van der Waals surface area contributed by atoms with Gasteiger partial charge in [0.1, 0.15) is 0 Å². The summed E-state index contributed by atoms with van der Waals surface area (Å²) in [5.74, 6) is 0. The van der Waals surface area contributed by atoms with Crippen molar-refractivity contribution >= 4 is 77.3 Å². The number of benzene rings is 6. The van der Waals surface area contributed by atoms with Crippen LogP contribution in [0.3, 0.4) is 0 Å². The summed E-state index contributed by atoms with van der Waals surface area (Å²) in [6.07, 6.45) is 1.95. The van der Waals surface area contributed by atoms with E-state index in [0.717, 1.165) is 5.52 Å². The predicted octanol–water partition coefficient (Wildman–Crippen LogP) is 9.50. The molecule has 0 fully saturated rings. The van der Waals surface area contributed by atoms with Gasteiger partial charge in [-0.25, -0.2) is 0 Å². The molecule has 0 atom stereocenters. The monoisotopic (exact) mass is 572 g/mol. The van der Waals surface area contributed by atoms with Gasteiger partial charge in [0.2, 0.25) is 0 Å². The summed E-state index contributed by atoms with van der Waals surface area (Å²) in [6, 6.07) is 42.6. The first-order chi connectivity index (χ1) is 19.9. The maximum absolute atomic E-state index is 4.97. The summed E-state index contributed by atoms with van der Waals surface area (Å²) in [5, 5.41) is 9.22. The Hall–Kier alpha value is -4.69. The normalized spacial score (nSPS) is 12.5. The van der Waals surface area contributed by atoms with E-state index in [1.165, 1.54) is 85.2 Å².